The number of ketones is 2. The number of aryl methyl sites for hydroxylation is 2. The number of Topliss-reactive ketones (excluding diaryl/α,β-unsaturated/α-hetero) is 2. The number of nitrogens with one attached hydrogen (secondary N) is 3. The number of benzene rings is 2. The fourth-order valence-electron chi connectivity index (χ4n) is 5.14. The Morgan fingerprint density at radius 3 is 1.67 bits per heavy atom. The van der Waals surface area contributed by atoms with Gasteiger partial charge in [0, 0.05) is 57.3 Å². The molecule has 0 unspecified atom stereocenters. The van der Waals surface area contributed by atoms with Crippen molar-refractivity contribution in [3.05, 3.63) is 107 Å². The number of hydrogen-bond acceptors (Lipinski definition) is 13. The molecule has 52 heavy (non-hydrogen) atoms. The van der Waals surface area contributed by atoms with Gasteiger partial charge in [-0.15, -0.1) is 11.3 Å². The molecule has 4 aromatic heterocycles. The summed E-state index contributed by atoms with van der Waals surface area (Å²) in [7, 11) is 0. The van der Waals surface area contributed by atoms with Crippen LogP contribution >= 0.6 is 34.9 Å². The quantitative estimate of drug-likeness (QED) is 0.0979. The maximum absolute atomic E-state index is 11.9. The van der Waals surface area contributed by atoms with E-state index >= 15 is 0 Å². The van der Waals surface area contributed by atoms with Gasteiger partial charge in [-0.2, -0.15) is 5.10 Å². The van der Waals surface area contributed by atoms with Crippen LogP contribution in [0.25, 0.3) is 0 Å². The molecule has 0 radical (unpaired) electrons. The van der Waals surface area contributed by atoms with Crippen molar-refractivity contribution in [2.24, 2.45) is 11.8 Å². The Labute approximate surface area is 314 Å². The van der Waals surface area contributed by atoms with Gasteiger partial charge < -0.3 is 10.6 Å². The summed E-state index contributed by atoms with van der Waals surface area (Å²) in [5.74, 6) is 3.40. The van der Waals surface area contributed by atoms with Crippen molar-refractivity contribution >= 4 is 69.0 Å². The van der Waals surface area contributed by atoms with E-state index in [-0.39, 0.29) is 0 Å². The van der Waals surface area contributed by atoms with Crippen LogP contribution in [-0.4, -0.2) is 46.7 Å². The van der Waals surface area contributed by atoms with Crippen LogP contribution in [0.15, 0.2) is 105 Å². The number of carbonyl (C=O) groups is 2. The van der Waals surface area contributed by atoms with Crippen molar-refractivity contribution in [2.75, 3.05) is 10.6 Å². The van der Waals surface area contributed by atoms with E-state index in [2.05, 4.69) is 45.8 Å². The van der Waals surface area contributed by atoms with Gasteiger partial charge in [-0.3, -0.25) is 24.7 Å². The van der Waals surface area contributed by atoms with E-state index in [1.165, 1.54) is 11.8 Å². The smallest absolute Gasteiger partial charge is 0.188 e. The second-order valence-electron chi connectivity index (χ2n) is 12.8. The lowest BCUT2D eigenvalue weighted by atomic mass is 10.1. The first-order valence-electron chi connectivity index (χ1n) is 17.0. The van der Waals surface area contributed by atoms with Crippen LogP contribution < -0.4 is 10.6 Å². The Balaban J connectivity index is 0.000000162. The molecule has 4 heterocycles. The first-order valence-corrected chi connectivity index (χ1v) is 19.5. The number of thiazole rings is 1. The molecular formula is C38H37N9O2S3. The average molecular weight is 748 g/mol. The van der Waals surface area contributed by atoms with Crippen LogP contribution in [0, 0.1) is 25.7 Å². The second-order valence-corrected chi connectivity index (χ2v) is 16.2. The Kier molecular flexibility index (Phi) is 11.3. The van der Waals surface area contributed by atoms with E-state index in [9.17, 15) is 9.59 Å². The molecule has 6 aromatic rings. The topological polar surface area (TPSA) is 151 Å². The number of hydrogen-bond donors (Lipinski definition) is 3. The monoisotopic (exact) mass is 747 g/mol. The Hall–Kier alpha value is -4.92. The number of nitrogens with zero attached hydrogens (tertiary/aromatic N) is 6. The molecule has 0 bridgehead atoms. The molecule has 11 nitrogen and oxygen atoms in total. The maximum atomic E-state index is 11.9. The molecule has 2 aromatic carbocycles. The van der Waals surface area contributed by atoms with Crippen LogP contribution in [0.1, 0.15) is 47.4 Å². The van der Waals surface area contributed by atoms with Gasteiger partial charge >= 0.3 is 0 Å². The molecule has 264 valence electrons. The summed E-state index contributed by atoms with van der Waals surface area (Å²) in [5.41, 5.74) is 3.12. The number of H-pyrrole nitrogens is 1. The standard InChI is InChI=1S/C19H19N5OS.C19H18N4OS2/c1-12-8-17(24-23-12)21-18-10-20-11-19(22-18)26-15-6-2-13(3-7-15)9-16(25)14-4-5-14;1-12-9-21-19(25-12)23-17-10-20-11-18(22-17)26-15-6-2-13(3-7-15)8-16(24)14-4-5-14/h2-3,6-8,10-11,14H,4-5,9H2,1H3,(H2,21,22,23,24);2-3,6-7,9-11,14H,4-5,8H2,1H3,(H,21,22,23). The van der Waals surface area contributed by atoms with Crippen molar-refractivity contribution in [1.29, 1.82) is 0 Å². The zero-order valence-corrected chi connectivity index (χ0v) is 31.2. The average Bonchev–Trinajstić information content (AvgIpc) is 4.08. The van der Waals surface area contributed by atoms with Gasteiger partial charge in [0.1, 0.15) is 21.6 Å². The fourth-order valence-corrected chi connectivity index (χ4v) is 7.36. The van der Waals surface area contributed by atoms with Crippen molar-refractivity contribution in [3.63, 3.8) is 0 Å². The van der Waals surface area contributed by atoms with E-state index in [0.29, 0.717) is 53.7 Å². The Bertz CT molecular complexity index is 1990. The van der Waals surface area contributed by atoms with Gasteiger partial charge in [-0.05, 0) is 74.9 Å². The van der Waals surface area contributed by atoms with E-state index < -0.39 is 0 Å². The lowest BCUT2D eigenvalue weighted by molar-refractivity contribution is -0.120. The molecule has 2 aliphatic rings. The molecule has 0 aliphatic heterocycles. The predicted molar refractivity (Wildman–Crippen MR) is 205 cm³/mol. The highest BCUT2D eigenvalue weighted by Gasteiger charge is 2.29. The van der Waals surface area contributed by atoms with Crippen LogP contribution in [0.5, 0.6) is 0 Å². The van der Waals surface area contributed by atoms with Crippen molar-refractivity contribution in [1.82, 2.24) is 35.1 Å². The summed E-state index contributed by atoms with van der Waals surface area (Å²) in [6.45, 7) is 3.96. The minimum Gasteiger partial charge on any atom is -0.322 e. The number of rotatable bonds is 14. The summed E-state index contributed by atoms with van der Waals surface area (Å²) in [6, 6.07) is 18.1. The maximum Gasteiger partial charge on any atom is 0.188 e. The van der Waals surface area contributed by atoms with E-state index in [1.54, 1.807) is 47.9 Å². The minimum absolute atomic E-state index is 0.313. The third kappa shape index (κ3) is 10.6. The fraction of sp³-hybridized carbons (Fsp3) is 0.263. The normalized spacial score (nSPS) is 13.6. The van der Waals surface area contributed by atoms with Crippen molar-refractivity contribution in [3.8, 4) is 0 Å². The van der Waals surface area contributed by atoms with Crippen LogP contribution in [0.4, 0.5) is 22.6 Å². The van der Waals surface area contributed by atoms with Gasteiger partial charge in [0.05, 0.1) is 24.8 Å². The zero-order valence-electron chi connectivity index (χ0n) is 28.7. The highest BCUT2D eigenvalue weighted by atomic mass is 32.2. The van der Waals surface area contributed by atoms with Gasteiger partial charge in [-0.25, -0.2) is 15.0 Å². The van der Waals surface area contributed by atoms with Crippen LogP contribution in [-0.2, 0) is 22.4 Å². The Morgan fingerprint density at radius 1 is 0.712 bits per heavy atom. The molecule has 0 spiro atoms. The van der Waals surface area contributed by atoms with E-state index in [0.717, 1.165) is 72.4 Å². The molecule has 14 heteroatoms. The highest BCUT2D eigenvalue weighted by Crippen LogP contribution is 2.33. The summed E-state index contributed by atoms with van der Waals surface area (Å²) in [6.07, 6.45) is 14.0. The van der Waals surface area contributed by atoms with Crippen LogP contribution in [0.3, 0.4) is 0 Å². The summed E-state index contributed by atoms with van der Waals surface area (Å²) in [5, 5.41) is 15.7. The van der Waals surface area contributed by atoms with Gasteiger partial charge in [0.25, 0.3) is 0 Å². The van der Waals surface area contributed by atoms with Crippen molar-refractivity contribution in [2.45, 2.75) is 72.2 Å². The molecule has 0 atom stereocenters. The molecule has 2 aliphatic carbocycles. The van der Waals surface area contributed by atoms with E-state index in [1.807, 2.05) is 74.6 Å². The van der Waals surface area contributed by atoms with Gasteiger partial charge in [0.15, 0.2) is 22.6 Å². The lowest BCUT2D eigenvalue weighted by Crippen LogP contribution is -2.04. The first kappa shape index (κ1) is 35.5. The van der Waals surface area contributed by atoms with Gasteiger partial charge in [0.2, 0.25) is 0 Å². The molecule has 2 saturated carbocycles. The van der Waals surface area contributed by atoms with Crippen LogP contribution in [0.2, 0.25) is 0 Å². The SMILES string of the molecule is Cc1cc(Nc2cncc(Sc3ccc(CC(=O)C4CC4)cc3)n2)n[nH]1.Cc1cnc(Nc2cncc(Sc3ccc(CC(=O)C4CC4)cc3)n2)s1. The molecule has 2 fully saturated rings. The van der Waals surface area contributed by atoms with Gasteiger partial charge in [-0.1, -0.05) is 47.8 Å². The zero-order chi connectivity index (χ0) is 35.9. The lowest BCUT2D eigenvalue weighted by Gasteiger charge is -2.05. The number of aromatic amines is 1. The first-order chi connectivity index (χ1) is 25.3. The molecule has 0 amide bonds. The second kappa shape index (κ2) is 16.6. The van der Waals surface area contributed by atoms with Crippen molar-refractivity contribution < 1.29 is 9.59 Å². The summed E-state index contributed by atoms with van der Waals surface area (Å²) >= 11 is 4.67. The minimum atomic E-state index is 0.313. The largest absolute Gasteiger partial charge is 0.322 e. The molecule has 0 saturated heterocycles. The highest BCUT2D eigenvalue weighted by molar-refractivity contribution is 7.99. The Morgan fingerprint density at radius 2 is 1.23 bits per heavy atom. The number of aromatic nitrogens is 7. The third-order valence-corrected chi connectivity index (χ3v) is 10.8. The molecule has 8 rings (SSSR count). The molecular weight excluding hydrogens is 711 g/mol. The molecule has 3 N–H and O–H groups in total. The number of anilines is 4. The summed E-state index contributed by atoms with van der Waals surface area (Å²) < 4.78 is 0. The van der Waals surface area contributed by atoms with E-state index in [4.69, 9.17) is 0 Å². The summed E-state index contributed by atoms with van der Waals surface area (Å²) in [4.78, 5) is 49.0. The third-order valence-electron chi connectivity index (χ3n) is 8.16. The predicted octanol–water partition coefficient (Wildman–Crippen LogP) is 8.58. The number of carbonyl (C=O) groups excluding carboxylic acids is 2.